The van der Waals surface area contributed by atoms with Crippen LogP contribution in [0.4, 0.5) is 0 Å². The van der Waals surface area contributed by atoms with Crippen LogP contribution >= 0.6 is 0 Å². The molecule has 0 aliphatic heterocycles. The lowest BCUT2D eigenvalue weighted by Crippen LogP contribution is -2.31. The summed E-state index contributed by atoms with van der Waals surface area (Å²) < 4.78 is 0. The summed E-state index contributed by atoms with van der Waals surface area (Å²) in [6, 6.07) is 0.0891. The van der Waals surface area contributed by atoms with Crippen LogP contribution in [0.25, 0.3) is 0 Å². The maximum atomic E-state index is 9.10. The Balaban J connectivity index is 3.77. The second-order valence-corrected chi connectivity index (χ2v) is 3.52. The molecule has 0 spiro atoms. The molecule has 0 aromatic rings. The van der Waals surface area contributed by atoms with E-state index >= 15 is 0 Å². The fourth-order valence-corrected chi connectivity index (χ4v) is 1.12. The number of nitrogens with one attached hydrogen (secondary N) is 1. The largest absolute Gasteiger partial charge is 0.394 e. The van der Waals surface area contributed by atoms with Crippen molar-refractivity contribution in [3.8, 4) is 6.19 Å². The summed E-state index contributed by atoms with van der Waals surface area (Å²) in [5.41, 5.74) is 0. The number of nitrogens with zero attached hydrogens (tertiary/aromatic N) is 1. The van der Waals surface area contributed by atoms with E-state index in [0.29, 0.717) is 18.8 Å². The quantitative estimate of drug-likeness (QED) is 0.409. The SMILES string of the molecule is CC(C)C(CCC(O)CO)NC#N. The highest BCUT2D eigenvalue weighted by atomic mass is 16.3. The molecule has 0 aromatic heterocycles. The fourth-order valence-electron chi connectivity index (χ4n) is 1.12. The van der Waals surface area contributed by atoms with Gasteiger partial charge in [-0.2, -0.15) is 5.26 Å². The zero-order valence-electron chi connectivity index (χ0n) is 8.20. The lowest BCUT2D eigenvalue weighted by Gasteiger charge is -2.19. The highest BCUT2D eigenvalue weighted by molar-refractivity contribution is 4.79. The molecule has 4 heteroatoms. The fraction of sp³-hybridized carbons (Fsp3) is 0.889. The molecule has 76 valence electrons. The van der Waals surface area contributed by atoms with Crippen molar-refractivity contribution >= 4 is 0 Å². The van der Waals surface area contributed by atoms with Crippen molar-refractivity contribution in [2.24, 2.45) is 5.92 Å². The van der Waals surface area contributed by atoms with Crippen molar-refractivity contribution in [1.82, 2.24) is 5.32 Å². The van der Waals surface area contributed by atoms with E-state index in [4.69, 9.17) is 15.5 Å². The van der Waals surface area contributed by atoms with Crippen molar-refractivity contribution in [3.63, 3.8) is 0 Å². The first-order chi connectivity index (χ1) is 6.11. The predicted molar refractivity (Wildman–Crippen MR) is 49.7 cm³/mol. The first-order valence-corrected chi connectivity index (χ1v) is 4.55. The van der Waals surface area contributed by atoms with Crippen LogP contribution in [-0.4, -0.2) is 29.0 Å². The van der Waals surface area contributed by atoms with E-state index in [0.717, 1.165) is 0 Å². The van der Waals surface area contributed by atoms with Crippen LogP contribution in [0.15, 0.2) is 0 Å². The lowest BCUT2D eigenvalue weighted by atomic mass is 9.98. The van der Waals surface area contributed by atoms with Gasteiger partial charge in [0, 0.05) is 6.04 Å². The minimum atomic E-state index is -0.665. The van der Waals surface area contributed by atoms with Crippen molar-refractivity contribution in [2.45, 2.75) is 38.8 Å². The number of rotatable bonds is 6. The molecule has 13 heavy (non-hydrogen) atoms. The molecule has 0 amide bonds. The van der Waals surface area contributed by atoms with Crippen molar-refractivity contribution in [2.75, 3.05) is 6.61 Å². The first-order valence-electron chi connectivity index (χ1n) is 4.55. The van der Waals surface area contributed by atoms with Crippen LogP contribution in [0.1, 0.15) is 26.7 Å². The molecule has 0 bridgehead atoms. The molecular formula is C9H18N2O2. The minimum Gasteiger partial charge on any atom is -0.394 e. The van der Waals surface area contributed by atoms with Crippen molar-refractivity contribution in [3.05, 3.63) is 0 Å². The smallest absolute Gasteiger partial charge is 0.176 e. The molecule has 4 nitrogen and oxygen atoms in total. The molecular weight excluding hydrogens is 168 g/mol. The molecule has 2 unspecified atom stereocenters. The minimum absolute atomic E-state index is 0.0891. The zero-order valence-corrected chi connectivity index (χ0v) is 8.20. The Morgan fingerprint density at radius 2 is 2.00 bits per heavy atom. The highest BCUT2D eigenvalue weighted by Gasteiger charge is 2.13. The molecule has 0 aliphatic rings. The third kappa shape index (κ3) is 5.45. The number of aliphatic hydroxyl groups excluding tert-OH is 2. The Hall–Kier alpha value is -0.790. The van der Waals surface area contributed by atoms with Crippen LogP contribution in [0.3, 0.4) is 0 Å². The summed E-state index contributed by atoms with van der Waals surface area (Å²) in [5.74, 6) is 0.352. The Morgan fingerprint density at radius 3 is 2.38 bits per heavy atom. The second kappa shape index (κ2) is 6.70. The molecule has 2 atom stereocenters. The number of hydrogen-bond acceptors (Lipinski definition) is 4. The van der Waals surface area contributed by atoms with E-state index < -0.39 is 6.10 Å². The molecule has 0 heterocycles. The molecule has 0 fully saturated rings. The molecule has 3 N–H and O–H groups in total. The van der Waals surface area contributed by atoms with Gasteiger partial charge in [0.2, 0.25) is 0 Å². The van der Waals surface area contributed by atoms with Gasteiger partial charge in [0.05, 0.1) is 12.7 Å². The average molecular weight is 186 g/mol. The van der Waals surface area contributed by atoms with Gasteiger partial charge < -0.3 is 15.5 Å². The van der Waals surface area contributed by atoms with E-state index in [-0.39, 0.29) is 12.6 Å². The molecule has 0 radical (unpaired) electrons. The lowest BCUT2D eigenvalue weighted by molar-refractivity contribution is 0.0830. The summed E-state index contributed by atoms with van der Waals surface area (Å²) in [6.45, 7) is 3.82. The van der Waals surface area contributed by atoms with Crippen molar-refractivity contribution in [1.29, 1.82) is 5.26 Å². The van der Waals surface area contributed by atoms with Gasteiger partial charge in [-0.15, -0.1) is 0 Å². The Kier molecular flexibility index (Phi) is 6.29. The summed E-state index contributed by atoms with van der Waals surface area (Å²) in [5, 5.41) is 28.8. The third-order valence-corrected chi connectivity index (χ3v) is 2.08. The molecule has 0 aliphatic carbocycles. The summed E-state index contributed by atoms with van der Waals surface area (Å²) >= 11 is 0. The summed E-state index contributed by atoms with van der Waals surface area (Å²) in [4.78, 5) is 0. The maximum absolute atomic E-state index is 9.10. The van der Waals surface area contributed by atoms with E-state index in [1.54, 1.807) is 0 Å². The molecule has 0 saturated carbocycles. The normalized spacial score (nSPS) is 15.1. The van der Waals surface area contributed by atoms with Crippen LogP contribution in [0.2, 0.25) is 0 Å². The Morgan fingerprint density at radius 1 is 1.38 bits per heavy atom. The van der Waals surface area contributed by atoms with Gasteiger partial charge in [-0.25, -0.2) is 0 Å². The standard InChI is InChI=1S/C9H18N2O2/c1-7(2)9(11-6-10)4-3-8(13)5-12/h7-9,11-13H,3-5H2,1-2H3. The van der Waals surface area contributed by atoms with Gasteiger partial charge in [-0.05, 0) is 18.8 Å². The van der Waals surface area contributed by atoms with Crippen LogP contribution in [-0.2, 0) is 0 Å². The zero-order chi connectivity index (χ0) is 10.3. The van der Waals surface area contributed by atoms with E-state index in [2.05, 4.69) is 5.32 Å². The third-order valence-electron chi connectivity index (χ3n) is 2.08. The number of nitriles is 1. The van der Waals surface area contributed by atoms with Gasteiger partial charge in [0.1, 0.15) is 0 Å². The van der Waals surface area contributed by atoms with Gasteiger partial charge in [-0.3, -0.25) is 0 Å². The van der Waals surface area contributed by atoms with Crippen molar-refractivity contribution < 1.29 is 10.2 Å². The number of aliphatic hydroxyl groups is 2. The Labute approximate surface area is 79.2 Å². The van der Waals surface area contributed by atoms with E-state index in [9.17, 15) is 0 Å². The topological polar surface area (TPSA) is 76.3 Å². The Bertz CT molecular complexity index is 165. The second-order valence-electron chi connectivity index (χ2n) is 3.52. The average Bonchev–Trinajstić information content (AvgIpc) is 2.11. The summed E-state index contributed by atoms with van der Waals surface area (Å²) in [7, 11) is 0. The van der Waals surface area contributed by atoms with E-state index in [1.807, 2.05) is 20.0 Å². The van der Waals surface area contributed by atoms with E-state index in [1.165, 1.54) is 0 Å². The monoisotopic (exact) mass is 186 g/mol. The van der Waals surface area contributed by atoms with Gasteiger partial charge in [0.15, 0.2) is 6.19 Å². The highest BCUT2D eigenvalue weighted by Crippen LogP contribution is 2.09. The van der Waals surface area contributed by atoms with Gasteiger partial charge in [-0.1, -0.05) is 13.8 Å². The van der Waals surface area contributed by atoms with Crippen LogP contribution in [0, 0.1) is 17.4 Å². The molecule has 0 aromatic carbocycles. The predicted octanol–water partition coefficient (Wildman–Crippen LogP) is 0.215. The first kappa shape index (κ1) is 12.2. The summed E-state index contributed by atoms with van der Waals surface area (Å²) in [6.07, 6.45) is 2.45. The van der Waals surface area contributed by atoms with Gasteiger partial charge in [0.25, 0.3) is 0 Å². The maximum Gasteiger partial charge on any atom is 0.176 e. The molecule has 0 rings (SSSR count). The van der Waals surface area contributed by atoms with Gasteiger partial charge >= 0.3 is 0 Å². The molecule has 0 saturated heterocycles. The number of hydrogen-bond donors (Lipinski definition) is 3. The van der Waals surface area contributed by atoms with Crippen LogP contribution in [0.5, 0.6) is 0 Å². The van der Waals surface area contributed by atoms with Crippen LogP contribution < -0.4 is 5.32 Å².